The minimum atomic E-state index is -0.496. The van der Waals surface area contributed by atoms with Crippen LogP contribution in [0.1, 0.15) is 33.3 Å². The molecule has 1 heterocycles. The highest BCUT2D eigenvalue weighted by atomic mass is 32.1. The molecule has 0 bridgehead atoms. The number of thiophene rings is 1. The predicted octanol–water partition coefficient (Wildman–Crippen LogP) is 3.23. The van der Waals surface area contributed by atoms with Crippen molar-refractivity contribution in [3.8, 4) is 0 Å². The molecule has 0 saturated carbocycles. The van der Waals surface area contributed by atoms with Crippen LogP contribution in [0, 0.1) is 12.7 Å². The lowest BCUT2D eigenvalue weighted by molar-refractivity contribution is -0.141. The summed E-state index contributed by atoms with van der Waals surface area (Å²) >= 11 is 1.43. The van der Waals surface area contributed by atoms with E-state index in [1.165, 1.54) is 24.5 Å². The minimum Gasteiger partial charge on any atom is -0.469 e. The minimum absolute atomic E-state index is 0.0249. The Morgan fingerprint density at radius 1 is 1.36 bits per heavy atom. The van der Waals surface area contributed by atoms with Gasteiger partial charge in [0, 0.05) is 10.4 Å². The maximum atomic E-state index is 13.6. The number of esters is 1. The van der Waals surface area contributed by atoms with Crippen molar-refractivity contribution < 1.29 is 18.7 Å². The predicted molar refractivity (Wildman–Crippen MR) is 82.3 cm³/mol. The number of hydrogen-bond acceptors (Lipinski definition) is 4. The monoisotopic (exact) mass is 321 g/mol. The van der Waals surface area contributed by atoms with Crippen LogP contribution in [0.2, 0.25) is 0 Å². The van der Waals surface area contributed by atoms with Gasteiger partial charge in [0.25, 0.3) is 5.91 Å². The van der Waals surface area contributed by atoms with Crippen LogP contribution in [-0.2, 0) is 9.53 Å². The Bertz CT molecular complexity index is 670. The lowest BCUT2D eigenvalue weighted by Gasteiger charge is -2.16. The molecule has 116 valence electrons. The molecule has 0 aliphatic heterocycles. The highest BCUT2D eigenvalue weighted by Crippen LogP contribution is 2.23. The third-order valence-electron chi connectivity index (χ3n) is 3.22. The van der Waals surface area contributed by atoms with Crippen molar-refractivity contribution in [1.82, 2.24) is 5.32 Å². The summed E-state index contributed by atoms with van der Waals surface area (Å²) in [5.74, 6) is -1.29. The Morgan fingerprint density at radius 2 is 2.14 bits per heavy atom. The van der Waals surface area contributed by atoms with E-state index in [0.29, 0.717) is 5.56 Å². The van der Waals surface area contributed by atoms with Crippen molar-refractivity contribution in [1.29, 1.82) is 0 Å². The van der Waals surface area contributed by atoms with Gasteiger partial charge in [0.1, 0.15) is 5.82 Å². The summed E-state index contributed by atoms with van der Waals surface area (Å²) < 4.78 is 18.2. The molecule has 1 amide bonds. The molecule has 2 rings (SSSR count). The highest BCUT2D eigenvalue weighted by molar-refractivity contribution is 7.10. The van der Waals surface area contributed by atoms with Crippen LogP contribution in [-0.4, -0.2) is 19.0 Å². The molecule has 1 aromatic carbocycles. The van der Waals surface area contributed by atoms with Crippen LogP contribution < -0.4 is 5.32 Å². The van der Waals surface area contributed by atoms with Crippen LogP contribution in [0.4, 0.5) is 4.39 Å². The van der Waals surface area contributed by atoms with E-state index < -0.39 is 23.7 Å². The van der Waals surface area contributed by atoms with Gasteiger partial charge in [-0.2, -0.15) is 0 Å². The number of rotatable bonds is 5. The molecule has 1 unspecified atom stereocenters. The summed E-state index contributed by atoms with van der Waals surface area (Å²) in [7, 11) is 1.30. The number of carbonyl (C=O) groups excluding carboxylic acids is 2. The molecule has 22 heavy (non-hydrogen) atoms. The van der Waals surface area contributed by atoms with Gasteiger partial charge in [-0.1, -0.05) is 12.1 Å². The lowest BCUT2D eigenvalue weighted by Crippen LogP contribution is -2.30. The maximum absolute atomic E-state index is 13.6. The lowest BCUT2D eigenvalue weighted by atomic mass is 10.1. The Morgan fingerprint density at radius 3 is 2.73 bits per heavy atom. The van der Waals surface area contributed by atoms with E-state index in [1.807, 2.05) is 17.5 Å². The number of aryl methyl sites for hydroxylation is 1. The number of carbonyl (C=O) groups is 2. The first-order valence-electron chi connectivity index (χ1n) is 6.68. The zero-order chi connectivity index (χ0) is 16.1. The van der Waals surface area contributed by atoms with E-state index in [-0.39, 0.29) is 12.0 Å². The average Bonchev–Trinajstić information content (AvgIpc) is 3.03. The molecule has 0 aliphatic rings. The third kappa shape index (κ3) is 3.92. The topological polar surface area (TPSA) is 55.4 Å². The summed E-state index contributed by atoms with van der Waals surface area (Å²) in [6.07, 6.45) is 0.0249. The van der Waals surface area contributed by atoms with Crippen LogP contribution in [0.25, 0.3) is 0 Å². The van der Waals surface area contributed by atoms with Crippen molar-refractivity contribution in [3.63, 3.8) is 0 Å². The second-order valence-electron chi connectivity index (χ2n) is 4.79. The van der Waals surface area contributed by atoms with Gasteiger partial charge < -0.3 is 10.1 Å². The molecule has 0 radical (unpaired) electrons. The average molecular weight is 321 g/mol. The van der Waals surface area contributed by atoms with E-state index >= 15 is 0 Å². The molecular formula is C16H16FNO3S. The molecule has 4 nitrogen and oxygen atoms in total. The first kappa shape index (κ1) is 16.2. The zero-order valence-corrected chi connectivity index (χ0v) is 13.1. The van der Waals surface area contributed by atoms with Crippen molar-refractivity contribution in [2.75, 3.05) is 7.11 Å². The zero-order valence-electron chi connectivity index (χ0n) is 12.3. The fraction of sp³-hybridized carbons (Fsp3) is 0.250. The highest BCUT2D eigenvalue weighted by Gasteiger charge is 2.20. The molecule has 0 saturated heterocycles. The molecule has 0 spiro atoms. The second-order valence-corrected chi connectivity index (χ2v) is 5.76. The number of nitrogens with one attached hydrogen (secondary N) is 1. The molecular weight excluding hydrogens is 305 g/mol. The SMILES string of the molecule is COC(=O)CC(NC(=O)c1ccc(C)c(F)c1)c1cccs1. The smallest absolute Gasteiger partial charge is 0.307 e. The van der Waals surface area contributed by atoms with E-state index in [1.54, 1.807) is 19.1 Å². The van der Waals surface area contributed by atoms with Gasteiger partial charge >= 0.3 is 5.97 Å². The third-order valence-corrected chi connectivity index (χ3v) is 4.21. The van der Waals surface area contributed by atoms with Crippen molar-refractivity contribution in [3.05, 3.63) is 57.5 Å². The number of amides is 1. The molecule has 0 aliphatic carbocycles. The number of benzene rings is 1. The van der Waals surface area contributed by atoms with Gasteiger partial charge in [0.2, 0.25) is 0 Å². The fourth-order valence-corrected chi connectivity index (χ4v) is 2.72. The number of hydrogen-bond donors (Lipinski definition) is 1. The standard InChI is InChI=1S/C16H16FNO3S/c1-10-5-6-11(8-12(10)17)16(20)18-13(9-15(19)21-2)14-4-3-7-22-14/h3-8,13H,9H2,1-2H3,(H,18,20). The van der Waals surface area contributed by atoms with Gasteiger partial charge in [0.15, 0.2) is 0 Å². The summed E-state index contributed by atoms with van der Waals surface area (Å²) in [5.41, 5.74) is 0.690. The van der Waals surface area contributed by atoms with Gasteiger partial charge in [0.05, 0.1) is 19.6 Å². The van der Waals surface area contributed by atoms with Gasteiger partial charge in [-0.05, 0) is 36.1 Å². The van der Waals surface area contributed by atoms with E-state index in [2.05, 4.69) is 10.1 Å². The Labute approximate surface area is 131 Å². The van der Waals surface area contributed by atoms with Gasteiger partial charge in [-0.15, -0.1) is 11.3 Å². The van der Waals surface area contributed by atoms with E-state index in [4.69, 9.17) is 0 Å². The maximum Gasteiger partial charge on any atom is 0.307 e. The van der Waals surface area contributed by atoms with Gasteiger partial charge in [-0.3, -0.25) is 9.59 Å². The second kappa shape index (κ2) is 7.17. The number of methoxy groups -OCH3 is 1. The molecule has 0 fully saturated rings. The summed E-state index contributed by atoms with van der Waals surface area (Å²) in [4.78, 5) is 24.6. The molecule has 1 atom stereocenters. The quantitative estimate of drug-likeness (QED) is 0.860. The van der Waals surface area contributed by atoms with Crippen LogP contribution in [0.3, 0.4) is 0 Å². The Kier molecular flexibility index (Phi) is 5.27. The first-order chi connectivity index (χ1) is 10.5. The van der Waals surface area contributed by atoms with E-state index in [9.17, 15) is 14.0 Å². The van der Waals surface area contributed by atoms with Crippen molar-refractivity contribution in [2.24, 2.45) is 0 Å². The summed E-state index contributed by atoms with van der Waals surface area (Å²) in [5, 5.41) is 4.61. The molecule has 1 aromatic heterocycles. The molecule has 1 N–H and O–H groups in total. The molecule has 6 heteroatoms. The normalized spacial score (nSPS) is 11.8. The van der Waals surface area contributed by atoms with Crippen molar-refractivity contribution in [2.45, 2.75) is 19.4 Å². The molecule has 2 aromatic rings. The first-order valence-corrected chi connectivity index (χ1v) is 7.56. The summed E-state index contributed by atoms with van der Waals surface area (Å²) in [6.45, 7) is 1.63. The number of halogens is 1. The van der Waals surface area contributed by atoms with Crippen molar-refractivity contribution >= 4 is 23.2 Å². The fourth-order valence-electron chi connectivity index (χ4n) is 1.94. The van der Waals surface area contributed by atoms with Crippen LogP contribution >= 0.6 is 11.3 Å². The van der Waals surface area contributed by atoms with Gasteiger partial charge in [-0.25, -0.2) is 4.39 Å². The summed E-state index contributed by atoms with van der Waals surface area (Å²) in [6, 6.07) is 7.46. The Hall–Kier alpha value is -2.21. The van der Waals surface area contributed by atoms with Crippen LogP contribution in [0.15, 0.2) is 35.7 Å². The number of ether oxygens (including phenoxy) is 1. The van der Waals surface area contributed by atoms with E-state index in [0.717, 1.165) is 4.88 Å². The largest absolute Gasteiger partial charge is 0.469 e. The van der Waals surface area contributed by atoms with Crippen LogP contribution in [0.5, 0.6) is 0 Å². The Balaban J connectivity index is 2.17.